The zero-order valence-corrected chi connectivity index (χ0v) is 14.4. The van der Waals surface area contributed by atoms with Gasteiger partial charge >= 0.3 is 0 Å². The Labute approximate surface area is 142 Å². The average molecular weight is 459 g/mol. The van der Waals surface area contributed by atoms with E-state index in [0.717, 1.165) is 3.57 Å². The van der Waals surface area contributed by atoms with Gasteiger partial charge in [0.15, 0.2) is 0 Å². The molecular weight excluding hydrogens is 450 g/mol. The van der Waals surface area contributed by atoms with Crippen molar-refractivity contribution in [2.24, 2.45) is 0 Å². The highest BCUT2D eigenvalue weighted by atomic mass is 127. The van der Waals surface area contributed by atoms with Crippen LogP contribution in [-0.2, 0) is 6.54 Å². The zero-order valence-electron chi connectivity index (χ0n) is 10.7. The van der Waals surface area contributed by atoms with Gasteiger partial charge in [-0.25, -0.2) is 9.37 Å². The molecule has 0 aliphatic carbocycles. The van der Waals surface area contributed by atoms with Gasteiger partial charge in [-0.3, -0.25) is 9.36 Å². The molecule has 6 heteroatoms. The first-order chi connectivity index (χ1) is 10.0. The third-order valence-electron chi connectivity index (χ3n) is 3.14. The molecule has 0 aliphatic rings. The lowest BCUT2D eigenvalue weighted by molar-refractivity contribution is 0.594. The molecule has 3 rings (SSSR count). The van der Waals surface area contributed by atoms with Gasteiger partial charge in [-0.05, 0) is 52.9 Å². The van der Waals surface area contributed by atoms with Crippen LogP contribution >= 0.6 is 38.5 Å². The van der Waals surface area contributed by atoms with Gasteiger partial charge in [0.25, 0.3) is 5.56 Å². The predicted molar refractivity (Wildman–Crippen MR) is 91.9 cm³/mol. The van der Waals surface area contributed by atoms with Crippen molar-refractivity contribution >= 4 is 49.4 Å². The highest BCUT2D eigenvalue weighted by molar-refractivity contribution is 14.1. The summed E-state index contributed by atoms with van der Waals surface area (Å²) in [4.78, 5) is 16.7. The molecule has 2 aromatic carbocycles. The smallest absolute Gasteiger partial charge is 0.261 e. The van der Waals surface area contributed by atoms with Crippen LogP contribution in [0.5, 0.6) is 0 Å². The fourth-order valence-corrected chi connectivity index (χ4v) is 2.90. The number of rotatable bonds is 2. The van der Waals surface area contributed by atoms with Gasteiger partial charge in [-0.15, -0.1) is 0 Å². The predicted octanol–water partition coefficient (Wildman–Crippen LogP) is 3.95. The summed E-state index contributed by atoms with van der Waals surface area (Å²) in [6, 6.07) is 10.3. The first-order valence-electron chi connectivity index (χ1n) is 6.13. The van der Waals surface area contributed by atoms with E-state index >= 15 is 0 Å². The Bertz CT molecular complexity index is 894. The lowest BCUT2D eigenvalue weighted by atomic mass is 10.2. The zero-order chi connectivity index (χ0) is 15.0. The Hall–Kier alpha value is -1.28. The topological polar surface area (TPSA) is 34.9 Å². The van der Waals surface area contributed by atoms with Crippen molar-refractivity contribution < 1.29 is 4.39 Å². The summed E-state index contributed by atoms with van der Waals surface area (Å²) in [6.45, 7) is 0.159. The quantitative estimate of drug-likeness (QED) is 0.545. The summed E-state index contributed by atoms with van der Waals surface area (Å²) in [6.07, 6.45) is 1.46. The standard InChI is InChI=1S/C15H9BrFIN2O/c16-10-2-1-9(13(17)5-10)7-20-8-19-14-4-3-11(18)6-12(14)15(20)21/h1-6,8H,7H2. The number of hydrogen-bond acceptors (Lipinski definition) is 2. The molecule has 1 aromatic heterocycles. The molecule has 0 unspecified atom stereocenters. The summed E-state index contributed by atoms with van der Waals surface area (Å²) >= 11 is 5.36. The average Bonchev–Trinajstić information content (AvgIpc) is 2.45. The number of fused-ring (bicyclic) bond motifs is 1. The van der Waals surface area contributed by atoms with Gasteiger partial charge in [0, 0.05) is 13.6 Å². The summed E-state index contributed by atoms with van der Waals surface area (Å²) in [7, 11) is 0. The molecule has 1 heterocycles. The molecule has 0 fully saturated rings. The van der Waals surface area contributed by atoms with Gasteiger partial charge in [0.1, 0.15) is 5.82 Å². The van der Waals surface area contributed by atoms with Crippen molar-refractivity contribution in [3.8, 4) is 0 Å². The van der Waals surface area contributed by atoms with Crippen molar-refractivity contribution in [2.75, 3.05) is 0 Å². The molecule has 21 heavy (non-hydrogen) atoms. The van der Waals surface area contributed by atoms with Crippen molar-refractivity contribution in [1.82, 2.24) is 9.55 Å². The Balaban J connectivity index is 2.09. The fraction of sp³-hybridized carbons (Fsp3) is 0.0667. The van der Waals surface area contributed by atoms with Gasteiger partial charge in [-0.2, -0.15) is 0 Å². The number of benzene rings is 2. The van der Waals surface area contributed by atoms with Crippen molar-refractivity contribution in [2.45, 2.75) is 6.54 Å². The van der Waals surface area contributed by atoms with Crippen molar-refractivity contribution in [3.63, 3.8) is 0 Å². The van der Waals surface area contributed by atoms with E-state index in [1.54, 1.807) is 18.2 Å². The van der Waals surface area contributed by atoms with E-state index in [1.165, 1.54) is 17.0 Å². The third kappa shape index (κ3) is 3.01. The molecule has 0 aliphatic heterocycles. The molecule has 0 amide bonds. The Morgan fingerprint density at radius 2 is 2.05 bits per heavy atom. The van der Waals surface area contributed by atoms with Crippen LogP contribution in [0.25, 0.3) is 10.9 Å². The second-order valence-corrected chi connectivity index (χ2v) is 6.74. The summed E-state index contributed by atoms with van der Waals surface area (Å²) < 4.78 is 16.9. The maximum atomic E-state index is 13.9. The Morgan fingerprint density at radius 3 is 2.81 bits per heavy atom. The van der Waals surface area contributed by atoms with Crippen LogP contribution < -0.4 is 5.56 Å². The molecular formula is C15H9BrFIN2O. The maximum absolute atomic E-state index is 13.9. The van der Waals surface area contributed by atoms with Crippen LogP contribution in [0.4, 0.5) is 4.39 Å². The normalized spacial score (nSPS) is 11.0. The molecule has 0 radical (unpaired) electrons. The molecule has 0 saturated carbocycles. The van der Waals surface area contributed by atoms with Gasteiger partial charge in [-0.1, -0.05) is 22.0 Å². The lowest BCUT2D eigenvalue weighted by Crippen LogP contribution is -2.21. The van der Waals surface area contributed by atoms with Crippen LogP contribution in [-0.4, -0.2) is 9.55 Å². The van der Waals surface area contributed by atoms with Gasteiger partial charge in [0.2, 0.25) is 0 Å². The van der Waals surface area contributed by atoms with Crippen LogP contribution in [0.15, 0.2) is 52.0 Å². The fourth-order valence-electron chi connectivity index (χ4n) is 2.08. The van der Waals surface area contributed by atoms with E-state index in [1.807, 2.05) is 12.1 Å². The lowest BCUT2D eigenvalue weighted by Gasteiger charge is -2.08. The van der Waals surface area contributed by atoms with Crippen LogP contribution in [0.2, 0.25) is 0 Å². The van der Waals surface area contributed by atoms with Crippen LogP contribution in [0.1, 0.15) is 5.56 Å². The Kier molecular flexibility index (Phi) is 4.08. The van der Waals surface area contributed by atoms with Crippen LogP contribution in [0.3, 0.4) is 0 Å². The minimum atomic E-state index is -0.348. The third-order valence-corrected chi connectivity index (χ3v) is 4.31. The summed E-state index contributed by atoms with van der Waals surface area (Å²) in [5.41, 5.74) is 0.931. The monoisotopic (exact) mass is 458 g/mol. The first-order valence-corrected chi connectivity index (χ1v) is 8.00. The number of halogens is 3. The summed E-state index contributed by atoms with van der Waals surface area (Å²) in [5, 5.41) is 0.543. The molecule has 3 nitrogen and oxygen atoms in total. The second kappa shape index (κ2) is 5.84. The highest BCUT2D eigenvalue weighted by Gasteiger charge is 2.08. The van der Waals surface area contributed by atoms with E-state index < -0.39 is 0 Å². The summed E-state index contributed by atoms with van der Waals surface area (Å²) in [5.74, 6) is -0.348. The van der Waals surface area contributed by atoms with Crippen molar-refractivity contribution in [3.05, 3.63) is 72.5 Å². The van der Waals surface area contributed by atoms with Crippen molar-refractivity contribution in [1.29, 1.82) is 0 Å². The number of aromatic nitrogens is 2. The van der Waals surface area contributed by atoms with Crippen LogP contribution in [0, 0.1) is 9.39 Å². The molecule has 0 atom stereocenters. The minimum absolute atomic E-state index is 0.159. The van der Waals surface area contributed by atoms with E-state index in [9.17, 15) is 9.18 Å². The SMILES string of the molecule is O=c1c2cc(I)ccc2ncn1Cc1ccc(Br)cc1F. The van der Waals surface area contributed by atoms with E-state index in [-0.39, 0.29) is 17.9 Å². The molecule has 0 saturated heterocycles. The van der Waals surface area contributed by atoms with Gasteiger partial charge in [0.05, 0.1) is 23.8 Å². The minimum Gasteiger partial charge on any atom is -0.294 e. The molecule has 0 N–H and O–H groups in total. The highest BCUT2D eigenvalue weighted by Crippen LogP contribution is 2.16. The largest absolute Gasteiger partial charge is 0.294 e. The molecule has 0 spiro atoms. The number of nitrogens with zero attached hydrogens (tertiary/aromatic N) is 2. The first kappa shape index (κ1) is 14.6. The van der Waals surface area contributed by atoms with Gasteiger partial charge < -0.3 is 0 Å². The maximum Gasteiger partial charge on any atom is 0.261 e. The van der Waals surface area contributed by atoms with E-state index in [4.69, 9.17) is 0 Å². The molecule has 3 aromatic rings. The number of hydrogen-bond donors (Lipinski definition) is 0. The Morgan fingerprint density at radius 1 is 1.24 bits per heavy atom. The van der Waals surface area contributed by atoms with E-state index in [2.05, 4.69) is 43.5 Å². The second-order valence-electron chi connectivity index (χ2n) is 4.57. The molecule has 0 bridgehead atoms. The molecule has 106 valence electrons. The van der Waals surface area contributed by atoms with E-state index in [0.29, 0.717) is 20.9 Å².